The van der Waals surface area contributed by atoms with Gasteiger partial charge in [-0.15, -0.1) is 13.2 Å². The number of ether oxygens (including phenoxy) is 2. The Labute approximate surface area is 199 Å². The van der Waals surface area contributed by atoms with Crippen molar-refractivity contribution >= 4 is 17.5 Å². The molecule has 0 radical (unpaired) electrons. The number of hydrogen-bond acceptors (Lipinski definition) is 8. The molecule has 3 aromatic rings. The van der Waals surface area contributed by atoms with Crippen LogP contribution in [0.15, 0.2) is 54.9 Å². The second-order valence-electron chi connectivity index (χ2n) is 7.62. The molecule has 0 saturated carbocycles. The van der Waals surface area contributed by atoms with Crippen molar-refractivity contribution in [2.75, 3.05) is 44.7 Å². The van der Waals surface area contributed by atoms with Gasteiger partial charge in [-0.25, -0.2) is 9.97 Å². The van der Waals surface area contributed by atoms with Gasteiger partial charge in [0, 0.05) is 43.0 Å². The van der Waals surface area contributed by atoms with E-state index >= 15 is 0 Å². The third-order valence-electron chi connectivity index (χ3n) is 5.12. The van der Waals surface area contributed by atoms with Gasteiger partial charge in [-0.3, -0.25) is 9.69 Å². The molecule has 1 fully saturated rings. The third-order valence-corrected chi connectivity index (χ3v) is 5.12. The van der Waals surface area contributed by atoms with Crippen LogP contribution in [0.4, 0.5) is 24.8 Å². The van der Waals surface area contributed by atoms with Crippen LogP contribution in [-0.4, -0.2) is 71.5 Å². The van der Waals surface area contributed by atoms with Crippen LogP contribution in [-0.2, 0) is 4.74 Å². The van der Waals surface area contributed by atoms with E-state index in [1.54, 1.807) is 24.3 Å². The van der Waals surface area contributed by atoms with E-state index in [9.17, 15) is 18.0 Å². The molecule has 2 heterocycles. The standard InChI is InChI=1S/C23H23F3N6O3/c24-23(25,26)35-19-6-4-18(5-7-19)30-22-29-15-28-20(31-22)16-2-1-3-17(14-16)21(33)27-8-9-32-10-12-34-13-11-32/h1-7,14-15H,8-13H2,(H,27,33)(H,28,29,30,31). The Morgan fingerprint density at radius 3 is 2.60 bits per heavy atom. The van der Waals surface area contributed by atoms with Crippen molar-refractivity contribution in [3.8, 4) is 17.1 Å². The van der Waals surface area contributed by atoms with Gasteiger partial charge in [0.25, 0.3) is 5.91 Å². The molecule has 35 heavy (non-hydrogen) atoms. The number of anilines is 2. The molecular weight excluding hydrogens is 465 g/mol. The van der Waals surface area contributed by atoms with E-state index in [2.05, 4.69) is 35.2 Å². The highest BCUT2D eigenvalue weighted by atomic mass is 19.4. The zero-order valence-electron chi connectivity index (χ0n) is 18.6. The van der Waals surface area contributed by atoms with Crippen LogP contribution in [0.3, 0.4) is 0 Å². The highest BCUT2D eigenvalue weighted by molar-refractivity contribution is 5.95. The van der Waals surface area contributed by atoms with Crippen LogP contribution < -0.4 is 15.4 Å². The highest BCUT2D eigenvalue weighted by Crippen LogP contribution is 2.25. The van der Waals surface area contributed by atoms with Crippen molar-refractivity contribution in [2.45, 2.75) is 6.36 Å². The Balaban J connectivity index is 1.38. The van der Waals surface area contributed by atoms with Gasteiger partial charge in [0.1, 0.15) is 12.1 Å². The van der Waals surface area contributed by atoms with Crippen molar-refractivity contribution in [1.29, 1.82) is 0 Å². The number of amides is 1. The maximum atomic E-state index is 12.6. The zero-order valence-corrected chi connectivity index (χ0v) is 18.6. The van der Waals surface area contributed by atoms with Gasteiger partial charge >= 0.3 is 6.36 Å². The molecule has 1 amide bonds. The van der Waals surface area contributed by atoms with Gasteiger partial charge in [-0.2, -0.15) is 4.98 Å². The molecule has 1 aliphatic rings. The molecule has 0 spiro atoms. The lowest BCUT2D eigenvalue weighted by molar-refractivity contribution is -0.274. The number of benzene rings is 2. The minimum absolute atomic E-state index is 0.194. The number of nitrogens with zero attached hydrogens (tertiary/aromatic N) is 4. The fourth-order valence-electron chi connectivity index (χ4n) is 3.42. The number of aromatic nitrogens is 3. The summed E-state index contributed by atoms with van der Waals surface area (Å²) in [6.07, 6.45) is -3.45. The topological polar surface area (TPSA) is 102 Å². The van der Waals surface area contributed by atoms with Gasteiger partial charge < -0.3 is 20.1 Å². The molecule has 2 aromatic carbocycles. The summed E-state index contributed by atoms with van der Waals surface area (Å²) in [5.74, 6) is -0.00421. The Morgan fingerprint density at radius 1 is 1.09 bits per heavy atom. The smallest absolute Gasteiger partial charge is 0.406 e. The van der Waals surface area contributed by atoms with Crippen molar-refractivity contribution < 1.29 is 27.4 Å². The first-order valence-corrected chi connectivity index (χ1v) is 10.9. The maximum Gasteiger partial charge on any atom is 0.573 e. The van der Waals surface area contributed by atoms with Crippen LogP contribution in [0.25, 0.3) is 11.4 Å². The van der Waals surface area contributed by atoms with E-state index in [0.717, 1.165) is 19.6 Å². The van der Waals surface area contributed by atoms with Crippen LogP contribution >= 0.6 is 0 Å². The molecule has 0 bridgehead atoms. The van der Waals surface area contributed by atoms with E-state index in [4.69, 9.17) is 4.74 Å². The van der Waals surface area contributed by atoms with Gasteiger partial charge in [-0.05, 0) is 36.4 Å². The predicted molar refractivity (Wildman–Crippen MR) is 121 cm³/mol. The number of carbonyl (C=O) groups excluding carboxylic acids is 1. The first-order valence-electron chi connectivity index (χ1n) is 10.9. The number of carbonyl (C=O) groups is 1. The maximum absolute atomic E-state index is 12.6. The molecule has 0 aliphatic carbocycles. The molecule has 1 aliphatic heterocycles. The lowest BCUT2D eigenvalue weighted by atomic mass is 10.1. The fourth-order valence-corrected chi connectivity index (χ4v) is 3.42. The lowest BCUT2D eigenvalue weighted by Crippen LogP contribution is -2.41. The Morgan fingerprint density at radius 2 is 1.86 bits per heavy atom. The van der Waals surface area contributed by atoms with Crippen LogP contribution in [0.5, 0.6) is 5.75 Å². The number of alkyl halides is 3. The van der Waals surface area contributed by atoms with E-state index in [1.807, 2.05) is 0 Å². The summed E-state index contributed by atoms with van der Waals surface area (Å²) in [6, 6.07) is 12.1. The van der Waals surface area contributed by atoms with Crippen LogP contribution in [0.2, 0.25) is 0 Å². The van der Waals surface area contributed by atoms with Crippen LogP contribution in [0.1, 0.15) is 10.4 Å². The summed E-state index contributed by atoms with van der Waals surface area (Å²) in [7, 11) is 0. The quantitative estimate of drug-likeness (QED) is 0.499. The average molecular weight is 488 g/mol. The van der Waals surface area contributed by atoms with Gasteiger partial charge in [-0.1, -0.05) is 12.1 Å². The second-order valence-corrected chi connectivity index (χ2v) is 7.62. The molecule has 1 aromatic heterocycles. The number of hydrogen-bond donors (Lipinski definition) is 2. The van der Waals surface area contributed by atoms with Gasteiger partial charge in [0.05, 0.1) is 13.2 Å². The third kappa shape index (κ3) is 7.36. The van der Waals surface area contributed by atoms with Crippen LogP contribution in [0, 0.1) is 0 Å². The zero-order chi connectivity index (χ0) is 24.7. The molecular formula is C23H23F3N6O3. The molecule has 184 valence electrons. The molecule has 2 N–H and O–H groups in total. The Kier molecular flexibility index (Phi) is 7.73. The number of nitrogens with one attached hydrogen (secondary N) is 2. The van der Waals surface area contributed by atoms with Crippen molar-refractivity contribution in [1.82, 2.24) is 25.2 Å². The molecule has 1 saturated heterocycles. The summed E-state index contributed by atoms with van der Waals surface area (Å²) in [5.41, 5.74) is 1.55. The summed E-state index contributed by atoms with van der Waals surface area (Å²) >= 11 is 0. The number of halogens is 3. The lowest BCUT2D eigenvalue weighted by Gasteiger charge is -2.26. The van der Waals surface area contributed by atoms with E-state index in [-0.39, 0.29) is 17.6 Å². The van der Waals surface area contributed by atoms with E-state index < -0.39 is 6.36 Å². The molecule has 9 nitrogen and oxygen atoms in total. The van der Waals surface area contributed by atoms with Crippen molar-refractivity contribution in [3.63, 3.8) is 0 Å². The fraction of sp³-hybridized carbons (Fsp3) is 0.304. The summed E-state index contributed by atoms with van der Waals surface area (Å²) < 4.78 is 46.1. The van der Waals surface area contributed by atoms with Crippen molar-refractivity contribution in [2.24, 2.45) is 0 Å². The minimum atomic E-state index is -4.76. The van der Waals surface area contributed by atoms with Gasteiger partial charge in [0.15, 0.2) is 5.82 Å². The monoisotopic (exact) mass is 488 g/mol. The summed E-state index contributed by atoms with van der Waals surface area (Å²) in [4.78, 5) is 27.4. The number of rotatable bonds is 8. The SMILES string of the molecule is O=C(NCCN1CCOCC1)c1cccc(-c2ncnc(Nc3ccc(OC(F)(F)F)cc3)n2)c1. The van der Waals surface area contributed by atoms with E-state index in [1.165, 1.54) is 30.6 Å². The summed E-state index contributed by atoms with van der Waals surface area (Å²) in [5, 5.41) is 5.83. The normalized spacial score (nSPS) is 14.4. The molecule has 12 heteroatoms. The predicted octanol–water partition coefficient (Wildman–Crippen LogP) is 3.24. The van der Waals surface area contributed by atoms with Gasteiger partial charge in [0.2, 0.25) is 5.95 Å². The summed E-state index contributed by atoms with van der Waals surface area (Å²) in [6.45, 7) is 4.39. The molecule has 0 atom stereocenters. The minimum Gasteiger partial charge on any atom is -0.406 e. The Hall–Kier alpha value is -3.77. The largest absolute Gasteiger partial charge is 0.573 e. The molecule has 4 rings (SSSR count). The Bertz CT molecular complexity index is 1140. The first kappa shape index (κ1) is 24.4. The highest BCUT2D eigenvalue weighted by Gasteiger charge is 2.31. The first-order chi connectivity index (χ1) is 16.9. The second kappa shape index (κ2) is 11.1. The number of morpholine rings is 1. The molecule has 0 unspecified atom stereocenters. The van der Waals surface area contributed by atoms with E-state index in [0.29, 0.717) is 42.4 Å². The average Bonchev–Trinajstić information content (AvgIpc) is 2.85. The van der Waals surface area contributed by atoms with Crippen molar-refractivity contribution in [3.05, 3.63) is 60.4 Å².